The lowest BCUT2D eigenvalue weighted by Crippen LogP contribution is -2.26. The van der Waals surface area contributed by atoms with Crippen LogP contribution in [0.5, 0.6) is 5.75 Å². The molecule has 0 radical (unpaired) electrons. The Morgan fingerprint density at radius 3 is 2.55 bits per heavy atom. The Morgan fingerprint density at radius 2 is 1.87 bits per heavy atom. The van der Waals surface area contributed by atoms with E-state index >= 15 is 0 Å². The summed E-state index contributed by atoms with van der Waals surface area (Å²) in [6.07, 6.45) is 0.468. The Labute approximate surface area is 182 Å². The molecule has 0 saturated carbocycles. The van der Waals surface area contributed by atoms with Crippen LogP contribution in [0.1, 0.15) is 38.1 Å². The monoisotopic (exact) mass is 438 g/mol. The number of furan rings is 1. The zero-order chi connectivity index (χ0) is 22.1. The second kappa shape index (κ2) is 8.39. The molecule has 3 heterocycles. The van der Waals surface area contributed by atoms with Crippen LogP contribution in [-0.2, 0) is 17.7 Å². The minimum atomic E-state index is -0.560. The van der Waals surface area contributed by atoms with Gasteiger partial charge in [-0.3, -0.25) is 9.36 Å². The van der Waals surface area contributed by atoms with E-state index in [0.717, 1.165) is 26.6 Å². The summed E-state index contributed by atoms with van der Waals surface area (Å²) in [7, 11) is 2.91. The number of carbonyl (C=O) groups is 1. The van der Waals surface area contributed by atoms with E-state index in [2.05, 4.69) is 0 Å². The van der Waals surface area contributed by atoms with Crippen molar-refractivity contribution < 1.29 is 18.7 Å². The summed E-state index contributed by atoms with van der Waals surface area (Å²) in [6.45, 7) is 4.09. The molecule has 0 unspecified atom stereocenters. The smallest absolute Gasteiger partial charge is 0.373 e. The number of benzene rings is 1. The van der Waals surface area contributed by atoms with Gasteiger partial charge in [0.2, 0.25) is 5.76 Å². The number of hydrogen-bond acceptors (Lipinski definition) is 7. The van der Waals surface area contributed by atoms with Crippen LogP contribution in [0.4, 0.5) is 0 Å². The van der Waals surface area contributed by atoms with E-state index in [1.165, 1.54) is 18.4 Å². The molecule has 31 heavy (non-hydrogen) atoms. The number of hydrogen-bond donors (Lipinski definition) is 0. The van der Waals surface area contributed by atoms with Crippen LogP contribution in [0.15, 0.2) is 45.6 Å². The minimum absolute atomic E-state index is 0.0962. The summed E-state index contributed by atoms with van der Waals surface area (Å²) < 4.78 is 17.1. The molecular formula is C23H22N2O5S. The lowest BCUT2D eigenvalue weighted by molar-refractivity contribution is 0.0563. The van der Waals surface area contributed by atoms with Gasteiger partial charge < -0.3 is 13.9 Å². The highest BCUT2D eigenvalue weighted by Crippen LogP contribution is 2.27. The van der Waals surface area contributed by atoms with E-state index in [-0.39, 0.29) is 17.9 Å². The molecule has 0 bridgehead atoms. The van der Waals surface area contributed by atoms with Gasteiger partial charge in [0.05, 0.1) is 26.2 Å². The highest BCUT2D eigenvalue weighted by atomic mass is 32.1. The van der Waals surface area contributed by atoms with Crippen LogP contribution in [0.3, 0.4) is 0 Å². The highest BCUT2D eigenvalue weighted by Gasteiger charge is 2.19. The van der Waals surface area contributed by atoms with E-state index in [1.807, 2.05) is 38.1 Å². The number of methoxy groups -OCH3 is 2. The fourth-order valence-corrected chi connectivity index (χ4v) is 4.46. The Bertz CT molecular complexity index is 1310. The second-order valence-corrected chi connectivity index (χ2v) is 8.37. The maximum absolute atomic E-state index is 13.5. The predicted molar refractivity (Wildman–Crippen MR) is 118 cm³/mol. The quantitative estimate of drug-likeness (QED) is 0.422. The first-order chi connectivity index (χ1) is 14.9. The lowest BCUT2D eigenvalue weighted by Gasteiger charge is -2.12. The van der Waals surface area contributed by atoms with Crippen LogP contribution >= 0.6 is 11.3 Å². The van der Waals surface area contributed by atoms with E-state index in [1.54, 1.807) is 23.8 Å². The Morgan fingerprint density at radius 1 is 1.13 bits per heavy atom. The van der Waals surface area contributed by atoms with Gasteiger partial charge in [-0.15, -0.1) is 11.3 Å². The number of thiophene rings is 1. The minimum Gasteiger partial charge on any atom is -0.497 e. The first kappa shape index (κ1) is 20.9. The van der Waals surface area contributed by atoms with Crippen molar-refractivity contribution in [3.05, 3.63) is 80.1 Å². The third kappa shape index (κ3) is 3.98. The number of aryl methyl sites for hydroxylation is 2. The summed E-state index contributed by atoms with van der Waals surface area (Å²) in [6, 6.07) is 10.9. The van der Waals surface area contributed by atoms with Crippen molar-refractivity contribution in [1.29, 1.82) is 0 Å². The van der Waals surface area contributed by atoms with Gasteiger partial charge in [0.1, 0.15) is 22.2 Å². The summed E-state index contributed by atoms with van der Waals surface area (Å²) in [5.74, 6) is 1.40. The molecule has 160 valence electrons. The number of fused-ring (bicyclic) bond motifs is 1. The Hall–Kier alpha value is -3.39. The van der Waals surface area contributed by atoms with Crippen LogP contribution in [0.25, 0.3) is 10.2 Å². The molecule has 4 rings (SSSR count). The normalized spacial score (nSPS) is 11.1. The van der Waals surface area contributed by atoms with Crippen molar-refractivity contribution in [3.8, 4) is 5.75 Å². The number of aromatic nitrogens is 2. The van der Waals surface area contributed by atoms with Crippen LogP contribution < -0.4 is 10.3 Å². The van der Waals surface area contributed by atoms with Crippen LogP contribution in [0, 0.1) is 13.8 Å². The molecule has 0 spiro atoms. The molecule has 7 nitrogen and oxygen atoms in total. The van der Waals surface area contributed by atoms with E-state index in [9.17, 15) is 9.59 Å². The van der Waals surface area contributed by atoms with Crippen LogP contribution in [-0.4, -0.2) is 29.7 Å². The molecule has 0 aliphatic rings. The maximum atomic E-state index is 13.5. The number of esters is 1. The molecule has 4 aromatic rings. The zero-order valence-corrected chi connectivity index (χ0v) is 18.5. The van der Waals surface area contributed by atoms with Crippen molar-refractivity contribution in [1.82, 2.24) is 9.55 Å². The van der Waals surface area contributed by atoms with Crippen molar-refractivity contribution >= 4 is 27.5 Å². The SMILES string of the molecule is COC(=O)c1ccc(Cn2c(Cc3ccc(OC)cc3)nc3sc(C)c(C)c3c2=O)o1. The lowest BCUT2D eigenvalue weighted by atomic mass is 10.1. The van der Waals surface area contributed by atoms with Crippen molar-refractivity contribution in [2.45, 2.75) is 26.8 Å². The third-order valence-electron chi connectivity index (χ3n) is 5.25. The summed E-state index contributed by atoms with van der Waals surface area (Å²) in [4.78, 5) is 31.8. The molecule has 0 amide bonds. The van der Waals surface area contributed by atoms with Gasteiger partial charge in [-0.25, -0.2) is 9.78 Å². The topological polar surface area (TPSA) is 83.6 Å². The standard InChI is InChI=1S/C23H22N2O5S/c1-13-14(2)31-21-20(13)22(26)25(12-17-9-10-18(30-17)23(27)29-4)19(24-21)11-15-5-7-16(28-3)8-6-15/h5-10H,11-12H2,1-4H3. The molecule has 0 aliphatic carbocycles. The summed E-state index contributed by atoms with van der Waals surface area (Å²) >= 11 is 1.52. The number of ether oxygens (including phenoxy) is 2. The summed E-state index contributed by atoms with van der Waals surface area (Å²) in [5.41, 5.74) is 1.82. The zero-order valence-electron chi connectivity index (χ0n) is 17.7. The average molecular weight is 439 g/mol. The van der Waals surface area contributed by atoms with Gasteiger partial charge in [0, 0.05) is 11.3 Å². The Balaban J connectivity index is 1.80. The van der Waals surface area contributed by atoms with E-state index in [4.69, 9.17) is 18.9 Å². The molecule has 1 aromatic carbocycles. The number of rotatable bonds is 6. The van der Waals surface area contributed by atoms with Gasteiger partial charge in [0.25, 0.3) is 5.56 Å². The van der Waals surface area contributed by atoms with Crippen LogP contribution in [0.2, 0.25) is 0 Å². The van der Waals surface area contributed by atoms with E-state index in [0.29, 0.717) is 23.4 Å². The first-order valence-electron chi connectivity index (χ1n) is 9.70. The van der Waals surface area contributed by atoms with Crippen molar-refractivity contribution in [3.63, 3.8) is 0 Å². The number of carbonyl (C=O) groups excluding carboxylic acids is 1. The van der Waals surface area contributed by atoms with Crippen molar-refractivity contribution in [2.24, 2.45) is 0 Å². The highest BCUT2D eigenvalue weighted by molar-refractivity contribution is 7.18. The van der Waals surface area contributed by atoms with Gasteiger partial charge in [-0.1, -0.05) is 12.1 Å². The average Bonchev–Trinajstić information content (AvgIpc) is 3.35. The molecule has 0 aliphatic heterocycles. The van der Waals surface area contributed by atoms with Gasteiger partial charge in [-0.05, 0) is 49.2 Å². The molecular weight excluding hydrogens is 416 g/mol. The second-order valence-electron chi connectivity index (χ2n) is 7.17. The van der Waals surface area contributed by atoms with E-state index < -0.39 is 5.97 Å². The predicted octanol–water partition coefficient (Wildman–Crippen LogP) is 4.10. The van der Waals surface area contributed by atoms with Gasteiger partial charge in [0.15, 0.2) is 0 Å². The molecule has 0 N–H and O–H groups in total. The summed E-state index contributed by atoms with van der Waals surface area (Å²) in [5, 5.41) is 0.626. The van der Waals surface area contributed by atoms with Gasteiger partial charge >= 0.3 is 5.97 Å². The largest absolute Gasteiger partial charge is 0.497 e. The Kier molecular flexibility index (Phi) is 5.65. The molecule has 3 aromatic heterocycles. The van der Waals surface area contributed by atoms with Crippen molar-refractivity contribution in [2.75, 3.05) is 14.2 Å². The molecule has 8 heteroatoms. The molecule has 0 saturated heterocycles. The molecule has 0 atom stereocenters. The van der Waals surface area contributed by atoms with Gasteiger partial charge in [-0.2, -0.15) is 0 Å². The fourth-order valence-electron chi connectivity index (χ4n) is 3.42. The third-order valence-corrected chi connectivity index (χ3v) is 6.35. The first-order valence-corrected chi connectivity index (χ1v) is 10.5. The number of nitrogens with zero attached hydrogens (tertiary/aromatic N) is 2. The fraction of sp³-hybridized carbons (Fsp3) is 0.261. The molecule has 0 fully saturated rings. The maximum Gasteiger partial charge on any atom is 0.373 e.